The topological polar surface area (TPSA) is 66.4 Å². The van der Waals surface area contributed by atoms with Gasteiger partial charge < -0.3 is 10.4 Å². The molecule has 0 radical (unpaired) electrons. The number of rotatable bonds is 5. The van der Waals surface area contributed by atoms with E-state index < -0.39 is 11.8 Å². The van der Waals surface area contributed by atoms with E-state index >= 15 is 0 Å². The molecule has 0 saturated heterocycles. The maximum atomic E-state index is 12.0. The molecule has 0 aliphatic rings. The van der Waals surface area contributed by atoms with Gasteiger partial charge in [0, 0.05) is 11.6 Å². The zero-order chi connectivity index (χ0) is 15.2. The molecule has 21 heavy (non-hydrogen) atoms. The monoisotopic (exact) mass is 301 g/mol. The average molecular weight is 302 g/mol. The molecular formula is C16H12ClNO3. The van der Waals surface area contributed by atoms with E-state index in [1.165, 1.54) is 0 Å². The summed E-state index contributed by atoms with van der Waals surface area (Å²) in [6.07, 6.45) is 1.04. The van der Waals surface area contributed by atoms with E-state index in [4.69, 9.17) is 11.6 Å². The predicted octanol–water partition coefficient (Wildman–Crippen LogP) is 3.60. The third-order valence-electron chi connectivity index (χ3n) is 2.71. The lowest BCUT2D eigenvalue weighted by molar-refractivity contribution is -0.132. The first-order chi connectivity index (χ1) is 10.1. The fourth-order valence-corrected chi connectivity index (χ4v) is 1.86. The molecule has 0 heterocycles. The largest absolute Gasteiger partial charge is 0.477 e. The SMILES string of the molecule is O=C(O)C(=CC(=O)c1ccccc1)Nc1ccccc1Cl. The second-order valence-electron chi connectivity index (χ2n) is 4.20. The molecule has 2 rings (SSSR count). The maximum Gasteiger partial charge on any atom is 0.352 e. The number of hydrogen-bond donors (Lipinski definition) is 2. The Bertz CT molecular complexity index is 696. The van der Waals surface area contributed by atoms with E-state index in [0.717, 1.165) is 6.08 Å². The number of hydrogen-bond acceptors (Lipinski definition) is 3. The third-order valence-corrected chi connectivity index (χ3v) is 3.04. The molecule has 0 unspecified atom stereocenters. The van der Waals surface area contributed by atoms with Crippen LogP contribution in [0.3, 0.4) is 0 Å². The first-order valence-corrected chi connectivity index (χ1v) is 6.51. The summed E-state index contributed by atoms with van der Waals surface area (Å²) in [6, 6.07) is 15.1. The van der Waals surface area contributed by atoms with Gasteiger partial charge in [0.15, 0.2) is 5.78 Å². The number of carboxylic acid groups (broad SMARTS) is 1. The Kier molecular flexibility index (Phi) is 4.74. The van der Waals surface area contributed by atoms with Crippen molar-refractivity contribution in [3.8, 4) is 0 Å². The summed E-state index contributed by atoms with van der Waals surface area (Å²) >= 11 is 5.96. The Morgan fingerprint density at radius 3 is 2.24 bits per heavy atom. The number of aliphatic carboxylic acids is 1. The highest BCUT2D eigenvalue weighted by atomic mass is 35.5. The van der Waals surface area contributed by atoms with Gasteiger partial charge in [-0.15, -0.1) is 0 Å². The summed E-state index contributed by atoms with van der Waals surface area (Å²) in [6.45, 7) is 0. The summed E-state index contributed by atoms with van der Waals surface area (Å²) in [5.41, 5.74) is 0.600. The van der Waals surface area contributed by atoms with Crippen LogP contribution in [-0.2, 0) is 4.79 Å². The second-order valence-corrected chi connectivity index (χ2v) is 4.61. The summed E-state index contributed by atoms with van der Waals surface area (Å²) in [5.74, 6) is -1.63. The van der Waals surface area contributed by atoms with Crippen molar-refractivity contribution in [1.29, 1.82) is 0 Å². The summed E-state index contributed by atoms with van der Waals surface area (Å²) in [5, 5.41) is 12.2. The van der Waals surface area contributed by atoms with Crippen molar-refractivity contribution in [2.75, 3.05) is 5.32 Å². The Hall–Kier alpha value is -2.59. The van der Waals surface area contributed by atoms with Gasteiger partial charge in [0.25, 0.3) is 0 Å². The number of benzene rings is 2. The van der Waals surface area contributed by atoms with Crippen LogP contribution in [0.4, 0.5) is 5.69 Å². The minimum absolute atomic E-state index is 0.239. The molecule has 0 bridgehead atoms. The van der Waals surface area contributed by atoms with Crippen LogP contribution >= 0.6 is 11.6 Å². The van der Waals surface area contributed by atoms with Crippen LogP contribution in [0, 0.1) is 0 Å². The number of allylic oxidation sites excluding steroid dienone is 1. The van der Waals surface area contributed by atoms with E-state index in [2.05, 4.69) is 5.32 Å². The third kappa shape index (κ3) is 3.94. The Balaban J connectivity index is 2.28. The molecule has 0 spiro atoms. The number of anilines is 1. The molecule has 2 aromatic carbocycles. The Morgan fingerprint density at radius 2 is 1.62 bits per heavy atom. The summed E-state index contributed by atoms with van der Waals surface area (Å²) in [7, 11) is 0. The van der Waals surface area contributed by atoms with Gasteiger partial charge in [0.1, 0.15) is 5.70 Å². The van der Waals surface area contributed by atoms with Crippen LogP contribution in [-0.4, -0.2) is 16.9 Å². The minimum atomic E-state index is -1.24. The van der Waals surface area contributed by atoms with Gasteiger partial charge in [0.2, 0.25) is 0 Å². The van der Waals surface area contributed by atoms with Crippen molar-refractivity contribution in [1.82, 2.24) is 0 Å². The molecule has 0 fully saturated rings. The fourth-order valence-electron chi connectivity index (χ4n) is 1.68. The minimum Gasteiger partial charge on any atom is -0.477 e. The maximum absolute atomic E-state index is 12.0. The quantitative estimate of drug-likeness (QED) is 0.654. The molecule has 0 amide bonds. The van der Waals surface area contributed by atoms with Crippen LogP contribution in [0.15, 0.2) is 66.4 Å². The lowest BCUT2D eigenvalue weighted by Gasteiger charge is -2.08. The number of ketones is 1. The average Bonchev–Trinajstić information content (AvgIpc) is 2.49. The van der Waals surface area contributed by atoms with Crippen molar-refractivity contribution < 1.29 is 14.7 Å². The van der Waals surface area contributed by atoms with Gasteiger partial charge in [-0.25, -0.2) is 4.79 Å². The summed E-state index contributed by atoms with van der Waals surface area (Å²) in [4.78, 5) is 23.3. The number of para-hydroxylation sites is 1. The highest BCUT2D eigenvalue weighted by Gasteiger charge is 2.12. The fraction of sp³-hybridized carbons (Fsp3) is 0. The number of carbonyl (C=O) groups is 2. The molecule has 0 saturated carbocycles. The highest BCUT2D eigenvalue weighted by Crippen LogP contribution is 2.22. The van der Waals surface area contributed by atoms with Gasteiger partial charge in [-0.3, -0.25) is 4.79 Å². The molecule has 2 N–H and O–H groups in total. The molecule has 0 atom stereocenters. The molecule has 0 aromatic heterocycles. The van der Waals surface area contributed by atoms with Crippen LogP contribution in [0.25, 0.3) is 0 Å². The van der Waals surface area contributed by atoms with Crippen molar-refractivity contribution in [2.45, 2.75) is 0 Å². The molecule has 106 valence electrons. The van der Waals surface area contributed by atoms with Crippen molar-refractivity contribution >= 4 is 29.0 Å². The van der Waals surface area contributed by atoms with Gasteiger partial charge >= 0.3 is 5.97 Å². The smallest absolute Gasteiger partial charge is 0.352 e. The van der Waals surface area contributed by atoms with E-state index in [0.29, 0.717) is 16.3 Å². The van der Waals surface area contributed by atoms with E-state index in [1.54, 1.807) is 54.6 Å². The molecule has 0 aliphatic heterocycles. The van der Waals surface area contributed by atoms with E-state index in [9.17, 15) is 14.7 Å². The van der Waals surface area contributed by atoms with Gasteiger partial charge in [0.05, 0.1) is 10.7 Å². The van der Waals surface area contributed by atoms with Crippen molar-refractivity contribution in [2.24, 2.45) is 0 Å². The molecular weight excluding hydrogens is 290 g/mol. The standard InChI is InChI=1S/C16H12ClNO3/c17-12-8-4-5-9-13(12)18-14(16(20)21)10-15(19)11-6-2-1-3-7-11/h1-10,18H,(H,20,21). The zero-order valence-corrected chi connectivity index (χ0v) is 11.7. The molecule has 5 heteroatoms. The number of halogens is 1. The normalized spacial score (nSPS) is 11.0. The molecule has 4 nitrogen and oxygen atoms in total. The van der Waals surface area contributed by atoms with Crippen molar-refractivity contribution in [3.05, 3.63) is 77.0 Å². The lowest BCUT2D eigenvalue weighted by atomic mass is 10.1. The van der Waals surface area contributed by atoms with Crippen LogP contribution < -0.4 is 5.32 Å². The lowest BCUT2D eigenvalue weighted by Crippen LogP contribution is -2.13. The predicted molar refractivity (Wildman–Crippen MR) is 81.6 cm³/mol. The van der Waals surface area contributed by atoms with Crippen LogP contribution in [0.1, 0.15) is 10.4 Å². The first kappa shape index (κ1) is 14.8. The van der Waals surface area contributed by atoms with Gasteiger partial charge in [-0.05, 0) is 12.1 Å². The summed E-state index contributed by atoms with van der Waals surface area (Å²) < 4.78 is 0. The van der Waals surface area contributed by atoms with E-state index in [1.807, 2.05) is 0 Å². The second kappa shape index (κ2) is 6.72. The van der Waals surface area contributed by atoms with Crippen LogP contribution in [0.5, 0.6) is 0 Å². The van der Waals surface area contributed by atoms with Crippen LogP contribution in [0.2, 0.25) is 5.02 Å². The number of carbonyl (C=O) groups excluding carboxylic acids is 1. The molecule has 0 aliphatic carbocycles. The Morgan fingerprint density at radius 1 is 1.00 bits per heavy atom. The number of carboxylic acids is 1. The van der Waals surface area contributed by atoms with Gasteiger partial charge in [-0.2, -0.15) is 0 Å². The zero-order valence-electron chi connectivity index (χ0n) is 10.9. The molecule has 2 aromatic rings. The Labute approximate surface area is 126 Å². The van der Waals surface area contributed by atoms with E-state index in [-0.39, 0.29) is 5.70 Å². The first-order valence-electron chi connectivity index (χ1n) is 6.14. The number of nitrogens with one attached hydrogen (secondary N) is 1. The van der Waals surface area contributed by atoms with Crippen molar-refractivity contribution in [3.63, 3.8) is 0 Å². The highest BCUT2D eigenvalue weighted by molar-refractivity contribution is 6.33. The van der Waals surface area contributed by atoms with Gasteiger partial charge in [-0.1, -0.05) is 54.1 Å².